The summed E-state index contributed by atoms with van der Waals surface area (Å²) in [7, 11) is 0. The van der Waals surface area contributed by atoms with Crippen molar-refractivity contribution < 1.29 is 28.4 Å². The molecule has 1 amide bonds. The lowest BCUT2D eigenvalue weighted by Gasteiger charge is -2.09. The van der Waals surface area contributed by atoms with Crippen molar-refractivity contribution in [3.05, 3.63) is 85.2 Å². The normalized spacial score (nSPS) is 10.7. The number of furan rings is 1. The Balaban J connectivity index is 1.66. The minimum absolute atomic E-state index is 0.0168. The van der Waals surface area contributed by atoms with Gasteiger partial charge in [0.25, 0.3) is 5.91 Å². The second kappa shape index (κ2) is 10.7. The zero-order valence-corrected chi connectivity index (χ0v) is 19.2. The van der Waals surface area contributed by atoms with Crippen LogP contribution >= 0.6 is 31.9 Å². The minimum Gasteiger partial charge on any atom is -0.477 e. The smallest absolute Gasteiger partial charge is 0.379 e. The molecule has 0 atom stereocenters. The van der Waals surface area contributed by atoms with Crippen molar-refractivity contribution >= 4 is 55.6 Å². The fourth-order valence-electron chi connectivity index (χ4n) is 2.40. The first-order valence-electron chi connectivity index (χ1n) is 8.78. The van der Waals surface area contributed by atoms with Crippen LogP contribution in [-0.4, -0.2) is 29.6 Å². The molecule has 10 nitrogen and oxygen atoms in total. The fraction of sp³-hybridized carbons (Fsp3) is 0.0500. The van der Waals surface area contributed by atoms with Crippen LogP contribution in [0.25, 0.3) is 0 Å². The van der Waals surface area contributed by atoms with Crippen molar-refractivity contribution in [2.24, 2.45) is 5.10 Å². The Morgan fingerprint density at radius 1 is 1.19 bits per heavy atom. The molecule has 0 fully saturated rings. The lowest BCUT2D eigenvalue weighted by Crippen LogP contribution is -2.24. The number of carbonyl (C=O) groups is 2. The molecule has 2 aromatic carbocycles. The van der Waals surface area contributed by atoms with Crippen molar-refractivity contribution in [3.8, 4) is 11.5 Å². The molecule has 0 aliphatic heterocycles. The largest absolute Gasteiger partial charge is 0.477 e. The van der Waals surface area contributed by atoms with Gasteiger partial charge in [-0.05, 0) is 46.3 Å². The second-order valence-corrected chi connectivity index (χ2v) is 7.75. The van der Waals surface area contributed by atoms with Gasteiger partial charge in [0, 0.05) is 16.1 Å². The third-order valence-corrected chi connectivity index (χ3v) is 4.81. The van der Waals surface area contributed by atoms with Crippen molar-refractivity contribution in [3.63, 3.8) is 0 Å². The van der Waals surface area contributed by atoms with E-state index < -0.39 is 23.4 Å². The van der Waals surface area contributed by atoms with Gasteiger partial charge in [0.2, 0.25) is 5.76 Å². The summed E-state index contributed by atoms with van der Waals surface area (Å²) in [4.78, 5) is 34.6. The van der Waals surface area contributed by atoms with Crippen LogP contribution in [0.15, 0.2) is 73.3 Å². The van der Waals surface area contributed by atoms with E-state index in [1.807, 2.05) is 0 Å². The van der Waals surface area contributed by atoms with E-state index in [9.17, 15) is 19.7 Å². The number of hydrogen-bond acceptors (Lipinski definition) is 8. The maximum Gasteiger partial charge on any atom is 0.379 e. The molecule has 1 heterocycles. The monoisotopic (exact) mass is 565 g/mol. The van der Waals surface area contributed by atoms with Crippen molar-refractivity contribution in [2.45, 2.75) is 0 Å². The van der Waals surface area contributed by atoms with Crippen molar-refractivity contribution in [2.75, 3.05) is 6.61 Å². The molecule has 3 rings (SSSR count). The molecule has 164 valence electrons. The molecule has 0 bridgehead atoms. The number of nitro benzene ring substituents is 1. The Hall–Kier alpha value is -3.51. The van der Waals surface area contributed by atoms with Crippen LogP contribution in [0.1, 0.15) is 16.1 Å². The average molecular weight is 567 g/mol. The molecule has 0 spiro atoms. The number of ether oxygens (including phenoxy) is 2. The molecule has 32 heavy (non-hydrogen) atoms. The molecule has 0 unspecified atom stereocenters. The topological polar surface area (TPSA) is 133 Å². The molecule has 0 aliphatic carbocycles. The first kappa shape index (κ1) is 23.2. The molecule has 0 saturated heterocycles. The molecule has 1 aromatic heterocycles. The molecule has 0 radical (unpaired) electrons. The number of hydrazone groups is 1. The Labute approximate surface area is 197 Å². The highest BCUT2D eigenvalue weighted by molar-refractivity contribution is 9.11. The Morgan fingerprint density at radius 2 is 1.97 bits per heavy atom. The summed E-state index contributed by atoms with van der Waals surface area (Å²) < 4.78 is 16.7. The third-order valence-electron chi connectivity index (χ3n) is 3.77. The number of amides is 1. The second-order valence-electron chi connectivity index (χ2n) is 5.98. The highest BCUT2D eigenvalue weighted by Gasteiger charge is 2.17. The summed E-state index contributed by atoms with van der Waals surface area (Å²) in [5, 5.41) is 14.8. The highest BCUT2D eigenvalue weighted by atomic mass is 79.9. The summed E-state index contributed by atoms with van der Waals surface area (Å²) >= 11 is 6.65. The van der Waals surface area contributed by atoms with Gasteiger partial charge in [-0.25, -0.2) is 10.2 Å². The van der Waals surface area contributed by atoms with Crippen molar-refractivity contribution in [1.82, 2.24) is 5.43 Å². The van der Waals surface area contributed by atoms with E-state index in [1.165, 1.54) is 36.7 Å². The van der Waals surface area contributed by atoms with Gasteiger partial charge in [-0.15, -0.1) is 0 Å². The van der Waals surface area contributed by atoms with Crippen LogP contribution in [0, 0.1) is 10.1 Å². The maximum absolute atomic E-state index is 12.2. The summed E-state index contributed by atoms with van der Waals surface area (Å²) in [5.41, 5.74) is 2.35. The molecule has 12 heteroatoms. The lowest BCUT2D eigenvalue weighted by molar-refractivity contribution is -0.385. The van der Waals surface area contributed by atoms with E-state index in [1.54, 1.807) is 24.3 Å². The summed E-state index contributed by atoms with van der Waals surface area (Å²) in [6, 6.07) is 12.0. The van der Waals surface area contributed by atoms with Crippen LogP contribution in [0.5, 0.6) is 11.5 Å². The predicted octanol–water partition coefficient (Wildman–Crippen LogP) is 4.46. The first-order valence-corrected chi connectivity index (χ1v) is 10.4. The third kappa shape index (κ3) is 6.02. The van der Waals surface area contributed by atoms with E-state index in [0.717, 1.165) is 0 Å². The number of nitrogens with zero attached hydrogens (tertiary/aromatic N) is 2. The summed E-state index contributed by atoms with van der Waals surface area (Å²) in [6.45, 7) is -0.495. The summed E-state index contributed by atoms with van der Waals surface area (Å²) in [5.74, 6) is -1.23. The number of benzene rings is 2. The van der Waals surface area contributed by atoms with Crippen LogP contribution < -0.4 is 14.9 Å². The summed E-state index contributed by atoms with van der Waals surface area (Å²) in [6.07, 6.45) is 2.61. The van der Waals surface area contributed by atoms with Crippen LogP contribution in [0.3, 0.4) is 0 Å². The lowest BCUT2D eigenvalue weighted by atomic mass is 10.2. The number of para-hydroxylation sites is 2. The zero-order valence-electron chi connectivity index (χ0n) is 16.0. The predicted molar refractivity (Wildman–Crippen MR) is 120 cm³/mol. The minimum atomic E-state index is -0.713. The number of hydrogen-bond donors (Lipinski definition) is 1. The standard InChI is InChI=1S/C20H13Br2N3O7/c21-13-8-12(19(14(22)9-13)32-20(27)17-6-3-7-30-17)10-23-24-18(26)11-31-16-5-2-1-4-15(16)25(28)29/h1-10H,11H2,(H,24,26). The Morgan fingerprint density at radius 3 is 2.69 bits per heavy atom. The van der Waals surface area contributed by atoms with Crippen LogP contribution in [-0.2, 0) is 4.79 Å². The van der Waals surface area contributed by atoms with Gasteiger partial charge < -0.3 is 13.9 Å². The number of carbonyl (C=O) groups excluding carboxylic acids is 2. The highest BCUT2D eigenvalue weighted by Crippen LogP contribution is 2.32. The average Bonchev–Trinajstić information content (AvgIpc) is 3.29. The fourth-order valence-corrected chi connectivity index (χ4v) is 3.74. The van der Waals surface area contributed by atoms with E-state index in [0.29, 0.717) is 14.5 Å². The van der Waals surface area contributed by atoms with E-state index in [2.05, 4.69) is 42.4 Å². The van der Waals surface area contributed by atoms with E-state index >= 15 is 0 Å². The molecular formula is C20H13Br2N3O7. The molecule has 0 aliphatic rings. The SMILES string of the molecule is O=C(COc1ccccc1[N+](=O)[O-])NN=Cc1cc(Br)cc(Br)c1OC(=O)c1ccco1. The van der Waals surface area contributed by atoms with Gasteiger partial charge >= 0.3 is 11.7 Å². The van der Waals surface area contributed by atoms with E-state index in [4.69, 9.17) is 13.9 Å². The quantitative estimate of drug-likeness (QED) is 0.140. The van der Waals surface area contributed by atoms with Gasteiger partial charge in [-0.1, -0.05) is 28.1 Å². The van der Waals surface area contributed by atoms with Crippen LogP contribution in [0.4, 0.5) is 5.69 Å². The Bertz CT molecular complexity index is 1180. The molecular weight excluding hydrogens is 554 g/mol. The number of nitrogens with one attached hydrogen (secondary N) is 1. The number of esters is 1. The van der Waals surface area contributed by atoms with Gasteiger partial charge in [0.1, 0.15) is 0 Å². The maximum atomic E-state index is 12.2. The van der Waals surface area contributed by atoms with Gasteiger partial charge in [0.15, 0.2) is 18.1 Å². The van der Waals surface area contributed by atoms with E-state index in [-0.39, 0.29) is 22.9 Å². The number of halogens is 2. The molecule has 3 aromatic rings. The van der Waals surface area contributed by atoms with Gasteiger partial charge in [-0.3, -0.25) is 14.9 Å². The van der Waals surface area contributed by atoms with Crippen LogP contribution in [0.2, 0.25) is 0 Å². The Kier molecular flexibility index (Phi) is 7.73. The molecule has 0 saturated carbocycles. The molecule has 1 N–H and O–H groups in total. The number of nitro groups is 1. The van der Waals surface area contributed by atoms with Gasteiger partial charge in [0.05, 0.1) is 21.9 Å². The number of rotatable bonds is 8. The zero-order chi connectivity index (χ0) is 23.1. The van der Waals surface area contributed by atoms with Crippen molar-refractivity contribution in [1.29, 1.82) is 0 Å². The first-order chi connectivity index (χ1) is 15.3. The van der Waals surface area contributed by atoms with Gasteiger partial charge in [-0.2, -0.15) is 5.10 Å².